The van der Waals surface area contributed by atoms with Crippen LogP contribution in [0.3, 0.4) is 0 Å². The predicted octanol–water partition coefficient (Wildman–Crippen LogP) is 2.13. The zero-order valence-electron chi connectivity index (χ0n) is 13.6. The molecule has 0 bridgehead atoms. The molecule has 2 amide bonds. The van der Waals surface area contributed by atoms with Crippen molar-refractivity contribution in [1.82, 2.24) is 9.80 Å². The Morgan fingerprint density at radius 1 is 1.26 bits per heavy atom. The topological polar surface area (TPSA) is 70.1 Å². The summed E-state index contributed by atoms with van der Waals surface area (Å²) in [5.74, 6) is -0.865. The first-order chi connectivity index (χ1) is 11.0. The first-order valence-corrected chi connectivity index (χ1v) is 8.08. The lowest BCUT2D eigenvalue weighted by Gasteiger charge is -2.34. The van der Waals surface area contributed by atoms with E-state index in [1.54, 1.807) is 22.0 Å². The summed E-state index contributed by atoms with van der Waals surface area (Å²) in [6.07, 6.45) is 5.85. The van der Waals surface area contributed by atoms with Crippen LogP contribution in [0.1, 0.15) is 25.7 Å². The molecule has 2 fully saturated rings. The second-order valence-corrected chi connectivity index (χ2v) is 6.46. The van der Waals surface area contributed by atoms with Gasteiger partial charge in [0.1, 0.15) is 0 Å². The Labute approximate surface area is 137 Å². The largest absolute Gasteiger partial charge is 0.481 e. The maximum atomic E-state index is 12.9. The summed E-state index contributed by atoms with van der Waals surface area (Å²) in [4.78, 5) is 27.5. The Morgan fingerprint density at radius 3 is 2.39 bits per heavy atom. The molecule has 6 nitrogen and oxygen atoms in total. The fraction of sp³-hybridized carbons (Fsp3) is 0.647. The maximum absolute atomic E-state index is 12.9. The Balaban J connectivity index is 2.17. The zero-order valence-corrected chi connectivity index (χ0v) is 13.6. The molecule has 2 saturated heterocycles. The number of carboxylic acids is 1. The summed E-state index contributed by atoms with van der Waals surface area (Å²) < 4.78 is 5.44. The Kier molecular flexibility index (Phi) is 5.82. The molecule has 0 aromatic carbocycles. The van der Waals surface area contributed by atoms with Crippen molar-refractivity contribution < 1.29 is 19.4 Å². The molecule has 0 aliphatic carbocycles. The minimum Gasteiger partial charge on any atom is -0.481 e. The third-order valence-electron chi connectivity index (χ3n) is 4.79. The number of aliphatic carboxylic acids is 1. The van der Waals surface area contributed by atoms with Crippen LogP contribution >= 0.6 is 0 Å². The number of amides is 2. The van der Waals surface area contributed by atoms with Crippen molar-refractivity contribution >= 4 is 12.0 Å². The molecule has 1 N–H and O–H groups in total. The minimum absolute atomic E-state index is 0.00204. The van der Waals surface area contributed by atoms with E-state index < -0.39 is 5.97 Å². The number of urea groups is 1. The van der Waals surface area contributed by atoms with E-state index in [4.69, 9.17) is 4.74 Å². The second kappa shape index (κ2) is 7.64. The quantitative estimate of drug-likeness (QED) is 0.761. The average molecular weight is 322 g/mol. The molecule has 1 spiro atoms. The van der Waals surface area contributed by atoms with Gasteiger partial charge in [0.05, 0.1) is 6.42 Å². The van der Waals surface area contributed by atoms with Gasteiger partial charge in [-0.25, -0.2) is 4.79 Å². The van der Waals surface area contributed by atoms with E-state index in [0.29, 0.717) is 32.8 Å². The highest BCUT2D eigenvalue weighted by molar-refractivity contribution is 5.77. The normalized spacial score (nSPS) is 22.8. The summed E-state index contributed by atoms with van der Waals surface area (Å²) in [5, 5.41) is 9.20. The lowest BCUT2D eigenvalue weighted by atomic mass is 9.78. The number of likely N-dealkylation sites (tertiary alicyclic amines) is 1. The molecular weight excluding hydrogens is 296 g/mol. The van der Waals surface area contributed by atoms with E-state index in [9.17, 15) is 14.7 Å². The van der Waals surface area contributed by atoms with Crippen LogP contribution in [0.15, 0.2) is 25.3 Å². The Bertz CT molecular complexity index is 461. The number of rotatable bonds is 6. The van der Waals surface area contributed by atoms with E-state index in [1.165, 1.54) is 0 Å². The molecule has 2 rings (SSSR count). The molecular formula is C17H26N2O4. The molecule has 128 valence electrons. The fourth-order valence-corrected chi connectivity index (χ4v) is 3.66. The third kappa shape index (κ3) is 4.13. The van der Waals surface area contributed by atoms with E-state index >= 15 is 0 Å². The van der Waals surface area contributed by atoms with Gasteiger partial charge in [0.25, 0.3) is 0 Å². The highest BCUT2D eigenvalue weighted by Gasteiger charge is 2.47. The van der Waals surface area contributed by atoms with Gasteiger partial charge in [-0.15, -0.1) is 13.2 Å². The van der Waals surface area contributed by atoms with Crippen LogP contribution in [-0.4, -0.2) is 65.8 Å². The van der Waals surface area contributed by atoms with Crippen molar-refractivity contribution in [3.05, 3.63) is 25.3 Å². The molecule has 1 unspecified atom stereocenters. The van der Waals surface area contributed by atoms with Gasteiger partial charge >= 0.3 is 12.0 Å². The molecule has 6 heteroatoms. The van der Waals surface area contributed by atoms with Crippen LogP contribution in [0.25, 0.3) is 0 Å². The first-order valence-electron chi connectivity index (χ1n) is 8.08. The van der Waals surface area contributed by atoms with Crippen molar-refractivity contribution in [3.63, 3.8) is 0 Å². The smallest absolute Gasteiger partial charge is 0.320 e. The molecule has 0 radical (unpaired) electrons. The molecule has 2 aliphatic heterocycles. The summed E-state index contributed by atoms with van der Waals surface area (Å²) in [6, 6.07) is -0.380. The van der Waals surface area contributed by atoms with E-state index in [-0.39, 0.29) is 23.9 Å². The van der Waals surface area contributed by atoms with E-state index in [1.807, 2.05) is 0 Å². The molecule has 1 atom stereocenters. The number of hydrogen-bond acceptors (Lipinski definition) is 3. The molecule has 23 heavy (non-hydrogen) atoms. The van der Waals surface area contributed by atoms with Crippen molar-refractivity contribution in [2.24, 2.45) is 5.41 Å². The highest BCUT2D eigenvalue weighted by atomic mass is 16.5. The van der Waals surface area contributed by atoms with Crippen LogP contribution in [0, 0.1) is 5.41 Å². The summed E-state index contributed by atoms with van der Waals surface area (Å²) in [5.41, 5.74) is 0.00204. The number of carbonyl (C=O) groups excluding carboxylic acids is 1. The van der Waals surface area contributed by atoms with Gasteiger partial charge in [-0.05, 0) is 24.7 Å². The molecule has 0 saturated carbocycles. The highest BCUT2D eigenvalue weighted by Crippen LogP contribution is 2.44. The predicted molar refractivity (Wildman–Crippen MR) is 87.2 cm³/mol. The standard InChI is InChI=1S/C17H26N2O4/c1-3-7-18(8-4-2)16(22)19-13-17(5-9-23-10-6-17)12-14(19)11-15(20)21/h3-4,14H,1-2,5-13H2,(H,20,21). The fourth-order valence-electron chi connectivity index (χ4n) is 3.66. The van der Waals surface area contributed by atoms with Gasteiger partial charge in [-0.2, -0.15) is 0 Å². The van der Waals surface area contributed by atoms with Gasteiger partial charge in [0.2, 0.25) is 0 Å². The van der Waals surface area contributed by atoms with Crippen LogP contribution in [0.2, 0.25) is 0 Å². The number of carboxylic acid groups (broad SMARTS) is 1. The first kappa shape index (κ1) is 17.5. The molecule has 0 aromatic heterocycles. The van der Waals surface area contributed by atoms with E-state index in [0.717, 1.165) is 19.3 Å². The van der Waals surface area contributed by atoms with Crippen LogP contribution in [-0.2, 0) is 9.53 Å². The van der Waals surface area contributed by atoms with Crippen molar-refractivity contribution in [2.45, 2.75) is 31.7 Å². The van der Waals surface area contributed by atoms with Gasteiger partial charge in [-0.1, -0.05) is 12.2 Å². The van der Waals surface area contributed by atoms with Crippen LogP contribution in [0.4, 0.5) is 4.79 Å². The van der Waals surface area contributed by atoms with Crippen molar-refractivity contribution in [2.75, 3.05) is 32.8 Å². The van der Waals surface area contributed by atoms with Gasteiger partial charge in [0.15, 0.2) is 0 Å². The Hall–Kier alpha value is -1.82. The van der Waals surface area contributed by atoms with Crippen molar-refractivity contribution in [1.29, 1.82) is 0 Å². The Morgan fingerprint density at radius 2 is 1.87 bits per heavy atom. The number of nitrogens with zero attached hydrogens (tertiary/aromatic N) is 2. The summed E-state index contributed by atoms with van der Waals surface area (Å²) in [6.45, 7) is 10.2. The monoisotopic (exact) mass is 322 g/mol. The molecule has 2 heterocycles. The number of carbonyl (C=O) groups is 2. The number of hydrogen-bond donors (Lipinski definition) is 1. The molecule has 0 aromatic rings. The van der Waals surface area contributed by atoms with E-state index in [2.05, 4.69) is 13.2 Å². The van der Waals surface area contributed by atoms with Gasteiger partial charge in [0, 0.05) is 38.9 Å². The average Bonchev–Trinajstić information content (AvgIpc) is 2.84. The van der Waals surface area contributed by atoms with Crippen LogP contribution in [0.5, 0.6) is 0 Å². The summed E-state index contributed by atoms with van der Waals surface area (Å²) in [7, 11) is 0. The van der Waals surface area contributed by atoms with Crippen LogP contribution < -0.4 is 0 Å². The zero-order chi connectivity index (χ0) is 16.9. The maximum Gasteiger partial charge on any atom is 0.320 e. The molecule has 2 aliphatic rings. The number of ether oxygens (including phenoxy) is 1. The SMILES string of the molecule is C=CCN(CC=C)C(=O)N1CC2(CCOCC2)CC1CC(=O)O. The van der Waals surface area contributed by atoms with Gasteiger partial charge in [-0.3, -0.25) is 4.79 Å². The minimum atomic E-state index is -0.865. The summed E-state index contributed by atoms with van der Waals surface area (Å²) >= 11 is 0. The lowest BCUT2D eigenvalue weighted by Crippen LogP contribution is -2.47. The third-order valence-corrected chi connectivity index (χ3v) is 4.79. The lowest BCUT2D eigenvalue weighted by molar-refractivity contribution is -0.138. The second-order valence-electron chi connectivity index (χ2n) is 6.46. The van der Waals surface area contributed by atoms with Gasteiger partial charge < -0.3 is 19.6 Å². The van der Waals surface area contributed by atoms with Crippen molar-refractivity contribution in [3.8, 4) is 0 Å².